The Kier molecular flexibility index (Phi) is 8.17. The zero-order chi connectivity index (χ0) is 38.0. The van der Waals surface area contributed by atoms with Gasteiger partial charge in [-0.3, -0.25) is 19.3 Å². The van der Waals surface area contributed by atoms with Crippen LogP contribution in [0.1, 0.15) is 32.1 Å². The van der Waals surface area contributed by atoms with Crippen LogP contribution in [0.2, 0.25) is 0 Å². The number of allylic oxidation sites excluding steroid dienone is 2. The van der Waals surface area contributed by atoms with Gasteiger partial charge in [0.15, 0.2) is 0 Å². The van der Waals surface area contributed by atoms with E-state index in [0.29, 0.717) is 35.4 Å². The lowest BCUT2D eigenvalue weighted by molar-refractivity contribution is 0.0686. The van der Waals surface area contributed by atoms with E-state index in [4.69, 9.17) is 19.4 Å². The number of carboxylic acid groups (broad SMARTS) is 2. The molecule has 0 saturated heterocycles. The molecule has 6 aromatic heterocycles. The molecule has 0 spiro atoms. The topological polar surface area (TPSA) is 164 Å². The minimum atomic E-state index is -1.06. The fourth-order valence-electron chi connectivity index (χ4n) is 7.45. The summed E-state index contributed by atoms with van der Waals surface area (Å²) in [5, 5.41) is 31.8. The van der Waals surface area contributed by atoms with Crippen molar-refractivity contribution in [1.29, 1.82) is 0 Å². The van der Waals surface area contributed by atoms with Gasteiger partial charge in [-0.1, -0.05) is 12.2 Å². The number of pyridine rings is 2. The van der Waals surface area contributed by atoms with E-state index in [1.54, 1.807) is 33.9 Å². The molecule has 2 aromatic carbocycles. The summed E-state index contributed by atoms with van der Waals surface area (Å²) >= 11 is 0. The van der Waals surface area contributed by atoms with Gasteiger partial charge in [0.2, 0.25) is 0 Å². The molecule has 8 rings (SSSR count). The normalized spacial score (nSPS) is 11.9. The minimum Gasteiger partial charge on any atom is -0.495 e. The Morgan fingerprint density at radius 3 is 1.37 bits per heavy atom. The standard InChI is InChI=1S/C40H36N8O6/c1-21-11-33(45(3)43-21)29-17-31-27(19-41-29)25-13-23(39(49)50)15-35(53-5)37(25)47(31)9-7-8-10-48-32-18-30(34-12-22(2)44-46(34)4)42-20-28(32)26-14-24(40(51)52)16-36(54-6)38(26)48/h7-8,11-20H,9-10H2,1-6H3,(H,49,50)(H,51,52)/b8-7-. The molecule has 0 aliphatic rings. The van der Waals surface area contributed by atoms with Gasteiger partial charge in [0.25, 0.3) is 0 Å². The van der Waals surface area contributed by atoms with Crippen molar-refractivity contribution < 1.29 is 29.3 Å². The van der Waals surface area contributed by atoms with Gasteiger partial charge >= 0.3 is 11.9 Å². The molecule has 0 radical (unpaired) electrons. The smallest absolute Gasteiger partial charge is 0.335 e. The maximum Gasteiger partial charge on any atom is 0.335 e. The first kappa shape index (κ1) is 34.1. The van der Waals surface area contributed by atoms with Gasteiger partial charge in [-0.2, -0.15) is 10.2 Å². The number of methoxy groups -OCH3 is 2. The second-order valence-electron chi connectivity index (χ2n) is 13.2. The predicted molar refractivity (Wildman–Crippen MR) is 205 cm³/mol. The van der Waals surface area contributed by atoms with E-state index in [9.17, 15) is 19.8 Å². The Morgan fingerprint density at radius 1 is 0.630 bits per heavy atom. The third kappa shape index (κ3) is 5.50. The van der Waals surface area contributed by atoms with Crippen LogP contribution in [0.15, 0.2) is 73.1 Å². The van der Waals surface area contributed by atoms with Crippen molar-refractivity contribution in [2.75, 3.05) is 14.2 Å². The summed E-state index contributed by atoms with van der Waals surface area (Å²) in [7, 11) is 6.80. The van der Waals surface area contributed by atoms with Crippen molar-refractivity contribution in [3.8, 4) is 34.3 Å². The lowest BCUT2D eigenvalue weighted by atomic mass is 10.1. The molecule has 14 nitrogen and oxygen atoms in total. The Labute approximate surface area is 308 Å². The predicted octanol–water partition coefficient (Wildman–Crippen LogP) is 6.78. The summed E-state index contributed by atoms with van der Waals surface area (Å²) in [6, 6.07) is 14.3. The van der Waals surface area contributed by atoms with Crippen LogP contribution in [0.3, 0.4) is 0 Å². The molecule has 0 bridgehead atoms. The number of aromatic nitrogens is 8. The number of fused-ring (bicyclic) bond motifs is 6. The fraction of sp³-hybridized carbons (Fsp3) is 0.200. The largest absolute Gasteiger partial charge is 0.495 e. The highest BCUT2D eigenvalue weighted by Gasteiger charge is 2.22. The van der Waals surface area contributed by atoms with Crippen LogP contribution in [-0.4, -0.2) is 75.0 Å². The second kappa shape index (κ2) is 12.9. The molecular weight excluding hydrogens is 688 g/mol. The van der Waals surface area contributed by atoms with E-state index in [-0.39, 0.29) is 11.1 Å². The van der Waals surface area contributed by atoms with Crippen molar-refractivity contribution >= 4 is 55.6 Å². The average molecular weight is 725 g/mol. The van der Waals surface area contributed by atoms with E-state index in [1.165, 1.54) is 26.4 Å². The van der Waals surface area contributed by atoms with Crippen LogP contribution in [0.4, 0.5) is 0 Å². The molecule has 0 amide bonds. The molecule has 0 saturated carbocycles. The molecule has 54 heavy (non-hydrogen) atoms. The molecule has 0 unspecified atom stereocenters. The van der Waals surface area contributed by atoms with Crippen molar-refractivity contribution in [2.24, 2.45) is 14.1 Å². The first-order chi connectivity index (χ1) is 26.0. The summed E-state index contributed by atoms with van der Waals surface area (Å²) < 4.78 is 19.3. The molecule has 14 heteroatoms. The molecule has 6 heterocycles. The third-order valence-electron chi connectivity index (χ3n) is 9.82. The zero-order valence-electron chi connectivity index (χ0n) is 30.4. The van der Waals surface area contributed by atoms with Gasteiger partial charge in [0.1, 0.15) is 11.5 Å². The molecule has 272 valence electrons. The van der Waals surface area contributed by atoms with Crippen molar-refractivity contribution in [2.45, 2.75) is 26.9 Å². The molecule has 0 atom stereocenters. The number of nitrogens with zero attached hydrogens (tertiary/aromatic N) is 8. The third-order valence-corrected chi connectivity index (χ3v) is 9.82. The maximum absolute atomic E-state index is 12.1. The van der Waals surface area contributed by atoms with Crippen LogP contribution in [0.25, 0.3) is 66.4 Å². The summed E-state index contributed by atoms with van der Waals surface area (Å²) in [6.07, 6.45) is 7.62. The monoisotopic (exact) mass is 724 g/mol. The van der Waals surface area contributed by atoms with Crippen LogP contribution < -0.4 is 9.47 Å². The average Bonchev–Trinajstić information content (AvgIpc) is 3.87. The van der Waals surface area contributed by atoms with Crippen LogP contribution in [0.5, 0.6) is 11.5 Å². The number of carbonyl (C=O) groups is 2. The molecule has 0 aliphatic heterocycles. The summed E-state index contributed by atoms with van der Waals surface area (Å²) in [5.74, 6) is -1.25. The maximum atomic E-state index is 12.1. The molecule has 8 aromatic rings. The van der Waals surface area contributed by atoms with E-state index >= 15 is 0 Å². The van der Waals surface area contributed by atoms with Gasteiger partial charge in [0, 0.05) is 61.1 Å². The molecule has 2 N–H and O–H groups in total. The lowest BCUT2D eigenvalue weighted by Crippen LogP contribution is -2.02. The highest BCUT2D eigenvalue weighted by molar-refractivity contribution is 6.13. The van der Waals surface area contributed by atoms with Crippen LogP contribution >= 0.6 is 0 Å². The number of hydrogen-bond acceptors (Lipinski definition) is 8. The van der Waals surface area contributed by atoms with E-state index in [0.717, 1.165) is 67.0 Å². The number of hydrogen-bond donors (Lipinski definition) is 2. The first-order valence-corrected chi connectivity index (χ1v) is 17.1. The SMILES string of the molecule is COc1cc(C(=O)O)cc2c3cnc(-c4cc(C)nn4C)cc3n(C/C=C\Cn3c4cc(-c5cc(C)nn5C)ncc4c4cc(C(=O)O)cc(OC)c43)c12. The van der Waals surface area contributed by atoms with Gasteiger partial charge < -0.3 is 28.8 Å². The molecular formula is C40H36N8O6. The number of aryl methyl sites for hydroxylation is 4. The number of carboxylic acids is 2. The number of rotatable bonds is 10. The van der Waals surface area contributed by atoms with Gasteiger partial charge in [0.05, 0.1) is 81.6 Å². The second-order valence-corrected chi connectivity index (χ2v) is 13.2. The van der Waals surface area contributed by atoms with E-state index < -0.39 is 11.9 Å². The Morgan fingerprint density at radius 2 is 1.04 bits per heavy atom. The highest BCUT2D eigenvalue weighted by atomic mass is 16.5. The molecule has 0 fully saturated rings. The van der Waals surface area contributed by atoms with Crippen LogP contribution in [-0.2, 0) is 27.2 Å². The lowest BCUT2D eigenvalue weighted by Gasteiger charge is -2.11. The summed E-state index contributed by atoms with van der Waals surface area (Å²) in [4.78, 5) is 33.7. The van der Waals surface area contributed by atoms with Gasteiger partial charge in [-0.15, -0.1) is 0 Å². The van der Waals surface area contributed by atoms with Gasteiger partial charge in [-0.25, -0.2) is 9.59 Å². The Bertz CT molecular complexity index is 2680. The first-order valence-electron chi connectivity index (χ1n) is 17.1. The zero-order valence-corrected chi connectivity index (χ0v) is 30.4. The summed E-state index contributed by atoms with van der Waals surface area (Å²) in [6.45, 7) is 4.68. The number of ether oxygens (including phenoxy) is 2. The Hall–Kier alpha value is -6.96. The van der Waals surface area contributed by atoms with Crippen molar-refractivity contribution in [3.63, 3.8) is 0 Å². The fourth-order valence-corrected chi connectivity index (χ4v) is 7.45. The van der Waals surface area contributed by atoms with Crippen molar-refractivity contribution in [1.82, 2.24) is 38.7 Å². The van der Waals surface area contributed by atoms with E-state index in [2.05, 4.69) is 19.3 Å². The highest BCUT2D eigenvalue weighted by Crippen LogP contribution is 2.39. The minimum absolute atomic E-state index is 0.113. The van der Waals surface area contributed by atoms with Gasteiger partial charge in [-0.05, 0) is 62.4 Å². The number of aromatic carboxylic acids is 2. The number of benzene rings is 2. The molecule has 0 aliphatic carbocycles. The Balaban J connectivity index is 1.27. The van der Waals surface area contributed by atoms with Crippen molar-refractivity contribution in [3.05, 3.63) is 95.6 Å². The van der Waals surface area contributed by atoms with Crippen LogP contribution in [0, 0.1) is 13.8 Å². The van der Waals surface area contributed by atoms with E-state index in [1.807, 2.05) is 64.4 Å². The summed E-state index contributed by atoms with van der Waals surface area (Å²) in [5.41, 5.74) is 8.28. The quantitative estimate of drug-likeness (QED) is 0.144.